The van der Waals surface area contributed by atoms with Crippen molar-refractivity contribution < 1.29 is 14.6 Å². The van der Waals surface area contributed by atoms with Crippen LogP contribution in [0.5, 0.6) is 0 Å². The van der Waals surface area contributed by atoms with Gasteiger partial charge in [-0.1, -0.05) is 0 Å². The van der Waals surface area contributed by atoms with Crippen LogP contribution in [-0.2, 0) is 4.74 Å². The molecule has 0 aromatic carbocycles. The number of carbonyl (C=O) groups is 1. The highest BCUT2D eigenvalue weighted by Gasteiger charge is 2.50. The van der Waals surface area contributed by atoms with Crippen LogP contribution in [0.4, 0.5) is 4.79 Å². The number of amides is 1. The van der Waals surface area contributed by atoms with Crippen molar-refractivity contribution in [2.75, 3.05) is 39.8 Å². The first kappa shape index (κ1) is 14.6. The molecule has 2 aliphatic rings. The summed E-state index contributed by atoms with van der Waals surface area (Å²) in [7, 11) is 2.09. The highest BCUT2D eigenvalue weighted by molar-refractivity contribution is 5.68. The number of hydrogen-bond acceptors (Lipinski definition) is 4. The molecule has 2 fully saturated rings. The molecule has 1 N–H and O–H groups in total. The Morgan fingerprint density at radius 3 is 2.68 bits per heavy atom. The van der Waals surface area contributed by atoms with E-state index in [4.69, 9.17) is 4.74 Å². The van der Waals surface area contributed by atoms with Crippen molar-refractivity contribution in [2.24, 2.45) is 11.3 Å². The van der Waals surface area contributed by atoms with Crippen molar-refractivity contribution in [3.05, 3.63) is 0 Å². The van der Waals surface area contributed by atoms with Crippen LogP contribution in [0.2, 0.25) is 0 Å². The number of fused-ring (bicyclic) bond motifs is 1. The molecule has 2 aliphatic heterocycles. The fourth-order valence-corrected chi connectivity index (χ4v) is 3.17. The van der Waals surface area contributed by atoms with Gasteiger partial charge in [0.2, 0.25) is 0 Å². The minimum Gasteiger partial charge on any atom is -0.444 e. The molecule has 0 aliphatic carbocycles. The van der Waals surface area contributed by atoms with E-state index in [1.807, 2.05) is 20.8 Å². The molecule has 0 unspecified atom stereocenters. The molecule has 2 heterocycles. The molecule has 0 aromatic rings. The maximum absolute atomic E-state index is 12.2. The van der Waals surface area contributed by atoms with Crippen molar-refractivity contribution in [3.8, 4) is 0 Å². The van der Waals surface area contributed by atoms with Crippen LogP contribution in [0, 0.1) is 11.3 Å². The van der Waals surface area contributed by atoms with Crippen molar-refractivity contribution >= 4 is 6.09 Å². The van der Waals surface area contributed by atoms with Gasteiger partial charge in [-0.2, -0.15) is 0 Å². The summed E-state index contributed by atoms with van der Waals surface area (Å²) in [5, 5.41) is 9.77. The Morgan fingerprint density at radius 1 is 1.42 bits per heavy atom. The molecule has 5 heteroatoms. The second kappa shape index (κ2) is 4.94. The van der Waals surface area contributed by atoms with E-state index in [1.54, 1.807) is 4.90 Å². The van der Waals surface area contributed by atoms with Gasteiger partial charge < -0.3 is 19.6 Å². The van der Waals surface area contributed by atoms with Gasteiger partial charge >= 0.3 is 6.09 Å². The number of aliphatic hydroxyl groups excluding tert-OH is 1. The number of piperidine rings is 1. The van der Waals surface area contributed by atoms with Crippen LogP contribution >= 0.6 is 0 Å². The first-order valence-electron chi connectivity index (χ1n) is 7.03. The fourth-order valence-electron chi connectivity index (χ4n) is 3.17. The third-order valence-corrected chi connectivity index (χ3v) is 4.30. The second-order valence-corrected chi connectivity index (χ2v) is 7.09. The van der Waals surface area contributed by atoms with Crippen molar-refractivity contribution in [1.29, 1.82) is 0 Å². The Kier molecular flexibility index (Phi) is 3.80. The Labute approximate surface area is 115 Å². The van der Waals surface area contributed by atoms with Crippen LogP contribution in [0.25, 0.3) is 0 Å². The quantitative estimate of drug-likeness (QED) is 0.777. The maximum Gasteiger partial charge on any atom is 0.410 e. The highest BCUT2D eigenvalue weighted by atomic mass is 16.6. The van der Waals surface area contributed by atoms with E-state index in [-0.39, 0.29) is 18.1 Å². The molecule has 0 spiro atoms. The standard InChI is InChI=1S/C14H26N2O3/c1-13(2,3)19-12(18)16-8-11-7-15(4)6-5-14(11,9-16)10-17/h11,17H,5-10H2,1-4H3/t11-,14+/m1/s1. The Bertz CT molecular complexity index is 353. The Balaban J connectivity index is 2.06. The summed E-state index contributed by atoms with van der Waals surface area (Å²) in [5.41, 5.74) is -0.586. The largest absolute Gasteiger partial charge is 0.444 e. The summed E-state index contributed by atoms with van der Waals surface area (Å²) in [6, 6.07) is 0. The van der Waals surface area contributed by atoms with Crippen molar-refractivity contribution in [3.63, 3.8) is 0 Å². The van der Waals surface area contributed by atoms with Crippen LogP contribution in [0.3, 0.4) is 0 Å². The molecule has 19 heavy (non-hydrogen) atoms. The minimum atomic E-state index is -0.464. The summed E-state index contributed by atoms with van der Waals surface area (Å²) >= 11 is 0. The van der Waals surface area contributed by atoms with Gasteiger partial charge in [0.1, 0.15) is 5.60 Å². The SMILES string of the molecule is CN1CC[C@@]2(CO)CN(C(=O)OC(C)(C)C)C[C@H]2C1. The second-order valence-electron chi connectivity index (χ2n) is 7.09. The predicted molar refractivity (Wildman–Crippen MR) is 72.9 cm³/mol. The third kappa shape index (κ3) is 3.03. The van der Waals surface area contributed by atoms with E-state index < -0.39 is 5.60 Å². The first-order chi connectivity index (χ1) is 8.76. The van der Waals surface area contributed by atoms with E-state index in [2.05, 4.69) is 11.9 Å². The molecule has 0 aromatic heterocycles. The number of nitrogens with zero attached hydrogens (tertiary/aromatic N) is 2. The highest BCUT2D eigenvalue weighted by Crippen LogP contribution is 2.42. The molecule has 110 valence electrons. The molecule has 0 radical (unpaired) electrons. The molecular formula is C14H26N2O3. The fraction of sp³-hybridized carbons (Fsp3) is 0.929. The van der Waals surface area contributed by atoms with Gasteiger partial charge in [-0.15, -0.1) is 0 Å². The van der Waals surface area contributed by atoms with Gasteiger partial charge in [0.15, 0.2) is 0 Å². The summed E-state index contributed by atoms with van der Waals surface area (Å²) in [6.45, 7) is 9.04. The Hall–Kier alpha value is -0.810. The molecule has 0 bridgehead atoms. The Morgan fingerprint density at radius 2 is 2.11 bits per heavy atom. The van der Waals surface area contributed by atoms with Gasteiger partial charge in [0.05, 0.1) is 6.61 Å². The van der Waals surface area contributed by atoms with Crippen molar-refractivity contribution in [1.82, 2.24) is 9.80 Å². The monoisotopic (exact) mass is 270 g/mol. The van der Waals surface area contributed by atoms with E-state index in [9.17, 15) is 9.90 Å². The lowest BCUT2D eigenvalue weighted by molar-refractivity contribution is 0.0182. The van der Waals surface area contributed by atoms with Gasteiger partial charge in [0, 0.05) is 25.0 Å². The lowest BCUT2D eigenvalue weighted by atomic mass is 9.73. The van der Waals surface area contributed by atoms with E-state index in [0.29, 0.717) is 19.0 Å². The van der Waals surface area contributed by atoms with Crippen molar-refractivity contribution in [2.45, 2.75) is 32.8 Å². The number of carbonyl (C=O) groups excluding carboxylic acids is 1. The van der Waals surface area contributed by atoms with Gasteiger partial charge in [0.25, 0.3) is 0 Å². The first-order valence-corrected chi connectivity index (χ1v) is 7.03. The number of ether oxygens (including phenoxy) is 1. The number of rotatable bonds is 1. The summed E-state index contributed by atoms with van der Waals surface area (Å²) in [6.07, 6.45) is 0.696. The molecule has 2 atom stereocenters. The summed E-state index contributed by atoms with van der Waals surface area (Å²) < 4.78 is 5.44. The lowest BCUT2D eigenvalue weighted by Crippen LogP contribution is -2.47. The van der Waals surface area contributed by atoms with Crippen LogP contribution in [0.1, 0.15) is 27.2 Å². The smallest absolute Gasteiger partial charge is 0.410 e. The molecule has 1 amide bonds. The van der Waals surface area contributed by atoms with E-state index in [1.165, 1.54) is 0 Å². The topological polar surface area (TPSA) is 53.0 Å². The van der Waals surface area contributed by atoms with E-state index >= 15 is 0 Å². The summed E-state index contributed by atoms with van der Waals surface area (Å²) in [5.74, 6) is 0.351. The average molecular weight is 270 g/mol. The third-order valence-electron chi connectivity index (χ3n) is 4.30. The zero-order valence-electron chi connectivity index (χ0n) is 12.5. The van der Waals surface area contributed by atoms with Crippen LogP contribution in [-0.4, -0.2) is 66.4 Å². The summed E-state index contributed by atoms with van der Waals surface area (Å²) in [4.78, 5) is 16.2. The lowest BCUT2D eigenvalue weighted by Gasteiger charge is -2.40. The minimum absolute atomic E-state index is 0.122. The molecule has 5 nitrogen and oxygen atoms in total. The number of likely N-dealkylation sites (tertiary alicyclic amines) is 2. The number of aliphatic hydroxyl groups is 1. The normalized spacial score (nSPS) is 32.3. The van der Waals surface area contributed by atoms with E-state index in [0.717, 1.165) is 19.5 Å². The van der Waals surface area contributed by atoms with Gasteiger partial charge in [-0.3, -0.25) is 0 Å². The van der Waals surface area contributed by atoms with Gasteiger partial charge in [-0.05, 0) is 46.7 Å². The zero-order chi connectivity index (χ0) is 14.3. The van der Waals surface area contributed by atoms with Crippen LogP contribution in [0.15, 0.2) is 0 Å². The molecule has 0 saturated carbocycles. The molecule has 2 rings (SSSR count). The number of hydrogen-bond donors (Lipinski definition) is 1. The predicted octanol–water partition coefficient (Wildman–Crippen LogP) is 1.17. The molecule has 2 saturated heterocycles. The average Bonchev–Trinajstić information content (AvgIpc) is 2.66. The zero-order valence-corrected chi connectivity index (χ0v) is 12.5. The van der Waals surface area contributed by atoms with Crippen LogP contribution < -0.4 is 0 Å². The maximum atomic E-state index is 12.2. The van der Waals surface area contributed by atoms with Gasteiger partial charge in [-0.25, -0.2) is 4.79 Å². The molecular weight excluding hydrogens is 244 g/mol.